The Morgan fingerprint density at radius 3 is 2.32 bits per heavy atom. The van der Waals surface area contributed by atoms with Gasteiger partial charge in [0.15, 0.2) is 0 Å². The summed E-state index contributed by atoms with van der Waals surface area (Å²) < 4.78 is 3.14. The highest BCUT2D eigenvalue weighted by Gasteiger charge is 2.19. The van der Waals surface area contributed by atoms with Gasteiger partial charge in [-0.25, -0.2) is 4.68 Å². The van der Waals surface area contributed by atoms with Crippen molar-refractivity contribution in [3.63, 3.8) is 0 Å². The number of rotatable bonds is 4. The fraction of sp³-hybridized carbons (Fsp3) is 0.136. The Balaban J connectivity index is 1.95. The maximum Gasteiger partial charge on any atom is 0.295 e. The van der Waals surface area contributed by atoms with Crippen LogP contribution < -0.4 is 10.9 Å². The highest BCUT2D eigenvalue weighted by Crippen LogP contribution is 2.16. The summed E-state index contributed by atoms with van der Waals surface area (Å²) in [5, 5.41) is 12.0. The minimum atomic E-state index is -0.617. The molecule has 0 aliphatic carbocycles. The third-order valence-electron chi connectivity index (χ3n) is 4.55. The Bertz CT molecular complexity index is 1140. The molecule has 1 heterocycles. The monoisotopic (exact) mass is 372 g/mol. The van der Waals surface area contributed by atoms with Gasteiger partial charge in [0, 0.05) is 7.05 Å². The Morgan fingerprint density at radius 2 is 1.71 bits per heavy atom. The molecular formula is C22H20N4O2. The van der Waals surface area contributed by atoms with Gasteiger partial charge in [0.2, 0.25) is 0 Å². The van der Waals surface area contributed by atoms with Crippen molar-refractivity contribution in [2.75, 3.05) is 5.32 Å². The maximum atomic E-state index is 12.9. The first-order valence-corrected chi connectivity index (χ1v) is 8.76. The number of carbonyl (C=O) groups is 1. The van der Waals surface area contributed by atoms with Crippen LogP contribution in [0, 0.1) is 25.2 Å². The fourth-order valence-corrected chi connectivity index (χ4v) is 2.87. The molecule has 0 radical (unpaired) electrons. The molecule has 0 aliphatic heterocycles. The lowest BCUT2D eigenvalue weighted by Crippen LogP contribution is -2.23. The molecule has 6 heteroatoms. The molecule has 2 aromatic carbocycles. The minimum absolute atomic E-state index is 0.0715. The molecule has 0 saturated carbocycles. The molecule has 0 aliphatic rings. The van der Waals surface area contributed by atoms with Crippen molar-refractivity contribution in [3.05, 3.63) is 87.3 Å². The number of aryl methyl sites for hydroxylation is 1. The van der Waals surface area contributed by atoms with Crippen LogP contribution in [0.25, 0.3) is 11.8 Å². The summed E-state index contributed by atoms with van der Waals surface area (Å²) in [7, 11) is 1.74. The van der Waals surface area contributed by atoms with E-state index < -0.39 is 5.91 Å². The number of carbonyl (C=O) groups excluding carboxylic acids is 1. The molecule has 140 valence electrons. The number of aromatic nitrogens is 2. The lowest BCUT2D eigenvalue weighted by Gasteiger charge is -2.07. The van der Waals surface area contributed by atoms with E-state index in [0.29, 0.717) is 11.4 Å². The van der Waals surface area contributed by atoms with Crippen LogP contribution >= 0.6 is 0 Å². The first-order chi connectivity index (χ1) is 13.4. The van der Waals surface area contributed by atoms with Crippen molar-refractivity contribution in [2.45, 2.75) is 13.8 Å². The zero-order valence-corrected chi connectivity index (χ0v) is 15.9. The number of nitrogens with zero attached hydrogens (tertiary/aromatic N) is 3. The number of para-hydroxylation sites is 1. The standard InChI is InChI=1S/C22H20N4O2/c1-15-9-11-17(12-10-15)13-18(14-23)21(27)24-20-16(2)25(3)26(22(20)28)19-7-5-4-6-8-19/h4-13H,1-3H3,(H,24,27)/b18-13+. The first kappa shape index (κ1) is 18.9. The Labute approximate surface area is 162 Å². The molecule has 0 saturated heterocycles. The van der Waals surface area contributed by atoms with Crippen LogP contribution in [0.1, 0.15) is 16.8 Å². The molecular weight excluding hydrogens is 352 g/mol. The molecule has 28 heavy (non-hydrogen) atoms. The number of nitrogens with one attached hydrogen (secondary N) is 1. The molecule has 6 nitrogen and oxygen atoms in total. The van der Waals surface area contributed by atoms with Crippen molar-refractivity contribution < 1.29 is 4.79 Å². The second-order valence-corrected chi connectivity index (χ2v) is 6.47. The average molecular weight is 372 g/mol. The summed E-state index contributed by atoms with van der Waals surface area (Å²) in [6.07, 6.45) is 1.50. The molecule has 1 amide bonds. The molecule has 0 atom stereocenters. The number of nitriles is 1. The van der Waals surface area contributed by atoms with Crippen LogP contribution in [0.15, 0.2) is 65.0 Å². The second kappa shape index (κ2) is 7.80. The fourth-order valence-electron chi connectivity index (χ4n) is 2.87. The molecule has 1 aromatic heterocycles. The quantitative estimate of drug-likeness (QED) is 0.563. The first-order valence-electron chi connectivity index (χ1n) is 8.76. The van der Waals surface area contributed by atoms with E-state index in [1.165, 1.54) is 10.8 Å². The van der Waals surface area contributed by atoms with Crippen LogP contribution in [-0.2, 0) is 11.8 Å². The van der Waals surface area contributed by atoms with Crippen molar-refractivity contribution in [3.8, 4) is 11.8 Å². The number of anilines is 1. The molecule has 3 aromatic rings. The molecule has 0 unspecified atom stereocenters. The van der Waals surface area contributed by atoms with Gasteiger partial charge in [0.05, 0.1) is 11.4 Å². The van der Waals surface area contributed by atoms with Gasteiger partial charge in [-0.05, 0) is 37.6 Å². The molecule has 0 bridgehead atoms. The van der Waals surface area contributed by atoms with Crippen LogP contribution in [0.2, 0.25) is 0 Å². The maximum absolute atomic E-state index is 12.9. The molecule has 3 rings (SSSR count). The molecule has 0 fully saturated rings. The predicted molar refractivity (Wildman–Crippen MR) is 109 cm³/mol. The van der Waals surface area contributed by atoms with Crippen molar-refractivity contribution in [1.82, 2.24) is 9.36 Å². The third-order valence-corrected chi connectivity index (χ3v) is 4.55. The van der Waals surface area contributed by atoms with Gasteiger partial charge < -0.3 is 5.32 Å². The largest absolute Gasteiger partial charge is 0.315 e. The summed E-state index contributed by atoms with van der Waals surface area (Å²) in [6.45, 7) is 3.70. The topological polar surface area (TPSA) is 79.8 Å². The van der Waals surface area contributed by atoms with Gasteiger partial charge in [-0.15, -0.1) is 0 Å². The van der Waals surface area contributed by atoms with E-state index in [0.717, 1.165) is 11.1 Å². The lowest BCUT2D eigenvalue weighted by molar-refractivity contribution is -0.112. The van der Waals surface area contributed by atoms with Gasteiger partial charge in [0.1, 0.15) is 17.3 Å². The van der Waals surface area contributed by atoms with Crippen LogP contribution in [0.4, 0.5) is 5.69 Å². The van der Waals surface area contributed by atoms with E-state index in [4.69, 9.17) is 0 Å². The summed E-state index contributed by atoms with van der Waals surface area (Å²) in [5.74, 6) is -0.617. The Hall–Kier alpha value is -3.85. The zero-order valence-electron chi connectivity index (χ0n) is 15.9. The molecule has 1 N–H and O–H groups in total. The van der Waals surface area contributed by atoms with Crippen LogP contribution in [0.3, 0.4) is 0 Å². The van der Waals surface area contributed by atoms with Crippen molar-refractivity contribution >= 4 is 17.7 Å². The van der Waals surface area contributed by atoms with E-state index in [-0.39, 0.29) is 16.8 Å². The lowest BCUT2D eigenvalue weighted by atomic mass is 10.1. The molecule has 0 spiro atoms. The van der Waals surface area contributed by atoms with E-state index >= 15 is 0 Å². The smallest absolute Gasteiger partial charge is 0.295 e. The number of hydrogen-bond acceptors (Lipinski definition) is 3. The van der Waals surface area contributed by atoms with Crippen LogP contribution in [-0.4, -0.2) is 15.3 Å². The van der Waals surface area contributed by atoms with E-state index in [1.54, 1.807) is 18.7 Å². The Kier molecular flexibility index (Phi) is 5.28. The van der Waals surface area contributed by atoms with E-state index in [9.17, 15) is 14.9 Å². The highest BCUT2D eigenvalue weighted by atomic mass is 16.2. The van der Waals surface area contributed by atoms with Gasteiger partial charge in [-0.3, -0.25) is 14.3 Å². The minimum Gasteiger partial charge on any atom is -0.315 e. The van der Waals surface area contributed by atoms with Gasteiger partial charge >= 0.3 is 0 Å². The van der Waals surface area contributed by atoms with E-state index in [2.05, 4.69) is 5.32 Å². The number of benzene rings is 2. The zero-order chi connectivity index (χ0) is 20.3. The van der Waals surface area contributed by atoms with Crippen LogP contribution in [0.5, 0.6) is 0 Å². The Morgan fingerprint density at radius 1 is 1.07 bits per heavy atom. The van der Waals surface area contributed by atoms with Gasteiger partial charge in [-0.2, -0.15) is 5.26 Å². The van der Waals surface area contributed by atoms with E-state index in [1.807, 2.05) is 67.6 Å². The third kappa shape index (κ3) is 3.64. The van der Waals surface area contributed by atoms with Crippen molar-refractivity contribution in [1.29, 1.82) is 5.26 Å². The SMILES string of the molecule is Cc1ccc(/C=C(\C#N)C(=O)Nc2c(C)n(C)n(-c3ccccc3)c2=O)cc1. The normalized spacial score (nSPS) is 11.1. The summed E-state index contributed by atoms with van der Waals surface area (Å²) in [6, 6.07) is 18.5. The summed E-state index contributed by atoms with van der Waals surface area (Å²) >= 11 is 0. The van der Waals surface area contributed by atoms with Gasteiger partial charge in [-0.1, -0.05) is 48.0 Å². The predicted octanol–water partition coefficient (Wildman–Crippen LogP) is 3.34. The summed E-state index contributed by atoms with van der Waals surface area (Å²) in [4.78, 5) is 25.5. The number of amides is 1. The van der Waals surface area contributed by atoms with Crippen molar-refractivity contribution in [2.24, 2.45) is 7.05 Å². The average Bonchev–Trinajstić information content (AvgIpc) is 2.91. The van der Waals surface area contributed by atoms with Gasteiger partial charge in [0.25, 0.3) is 11.5 Å². The second-order valence-electron chi connectivity index (χ2n) is 6.47. The number of hydrogen-bond donors (Lipinski definition) is 1. The highest BCUT2D eigenvalue weighted by molar-refractivity contribution is 6.09. The summed E-state index contributed by atoms with van der Waals surface area (Å²) in [5.41, 5.74) is 2.83.